The van der Waals surface area contributed by atoms with Crippen LogP contribution >= 0.6 is 0 Å². The zero-order valence-electron chi connectivity index (χ0n) is 11.3. The first kappa shape index (κ1) is 13.2. The number of aromatic nitrogens is 3. The van der Waals surface area contributed by atoms with Gasteiger partial charge in [0.2, 0.25) is 0 Å². The Morgan fingerprint density at radius 2 is 1.81 bits per heavy atom. The van der Waals surface area contributed by atoms with Gasteiger partial charge in [0.15, 0.2) is 0 Å². The minimum Gasteiger partial charge on any atom is -0.314 e. The Bertz CT molecular complexity index is 328. The van der Waals surface area contributed by atoms with E-state index in [1.54, 1.807) is 0 Å². The van der Waals surface area contributed by atoms with Crippen LogP contribution in [0.5, 0.6) is 0 Å². The van der Waals surface area contributed by atoms with Crippen LogP contribution in [0.3, 0.4) is 0 Å². The van der Waals surface area contributed by atoms with Gasteiger partial charge in [-0.05, 0) is 25.8 Å². The molecule has 0 amide bonds. The first-order valence-corrected chi connectivity index (χ1v) is 6.07. The van der Waals surface area contributed by atoms with Gasteiger partial charge in [-0.15, -0.1) is 5.10 Å². The highest BCUT2D eigenvalue weighted by Crippen LogP contribution is 2.24. The zero-order valence-corrected chi connectivity index (χ0v) is 11.3. The van der Waals surface area contributed by atoms with E-state index in [0.717, 1.165) is 12.2 Å². The molecule has 1 atom stereocenters. The van der Waals surface area contributed by atoms with E-state index in [0.29, 0.717) is 17.9 Å². The van der Waals surface area contributed by atoms with Gasteiger partial charge in [0.05, 0.1) is 17.4 Å². The fourth-order valence-corrected chi connectivity index (χ4v) is 1.81. The lowest BCUT2D eigenvalue weighted by Crippen LogP contribution is -2.18. The van der Waals surface area contributed by atoms with Crippen LogP contribution in [-0.4, -0.2) is 22.0 Å². The van der Waals surface area contributed by atoms with E-state index in [9.17, 15) is 0 Å². The molecule has 4 nitrogen and oxygen atoms in total. The first-order chi connectivity index (χ1) is 7.49. The molecule has 0 aliphatic rings. The summed E-state index contributed by atoms with van der Waals surface area (Å²) in [4.78, 5) is 0. The molecule has 1 unspecified atom stereocenters. The summed E-state index contributed by atoms with van der Waals surface area (Å²) in [7, 11) is 1.94. The maximum Gasteiger partial charge on any atom is 0.0999 e. The highest BCUT2D eigenvalue weighted by Gasteiger charge is 2.20. The molecule has 92 valence electrons. The standard InChI is InChI=1S/C12H24N4/c1-8(2)10(5)16-12(9(3)4)11(7-13-6)14-15-16/h8-10,13H,7H2,1-6H3. The van der Waals surface area contributed by atoms with E-state index in [1.165, 1.54) is 5.69 Å². The van der Waals surface area contributed by atoms with Gasteiger partial charge in [-0.3, -0.25) is 0 Å². The third-order valence-corrected chi connectivity index (χ3v) is 3.05. The van der Waals surface area contributed by atoms with Crippen LogP contribution < -0.4 is 5.32 Å². The van der Waals surface area contributed by atoms with Crippen molar-refractivity contribution in [3.63, 3.8) is 0 Å². The number of hydrogen-bond donors (Lipinski definition) is 1. The number of nitrogens with one attached hydrogen (secondary N) is 1. The summed E-state index contributed by atoms with van der Waals surface area (Å²) < 4.78 is 2.09. The Labute approximate surface area is 98.4 Å². The Morgan fingerprint density at radius 1 is 1.19 bits per heavy atom. The summed E-state index contributed by atoms with van der Waals surface area (Å²) in [6, 6.07) is 0.399. The molecule has 4 heteroatoms. The van der Waals surface area contributed by atoms with Crippen LogP contribution in [0.2, 0.25) is 0 Å². The molecule has 0 aliphatic heterocycles. The van der Waals surface area contributed by atoms with Crippen molar-refractivity contribution in [3.8, 4) is 0 Å². The number of rotatable bonds is 5. The van der Waals surface area contributed by atoms with E-state index in [1.807, 2.05) is 7.05 Å². The zero-order chi connectivity index (χ0) is 12.3. The van der Waals surface area contributed by atoms with Crippen molar-refractivity contribution in [2.24, 2.45) is 5.92 Å². The fraction of sp³-hybridized carbons (Fsp3) is 0.833. The Hall–Kier alpha value is -0.900. The molecule has 0 fully saturated rings. The topological polar surface area (TPSA) is 42.7 Å². The minimum atomic E-state index is 0.399. The second-order valence-corrected chi connectivity index (χ2v) is 5.04. The largest absolute Gasteiger partial charge is 0.314 e. The quantitative estimate of drug-likeness (QED) is 0.834. The maximum absolute atomic E-state index is 4.30. The molecule has 0 bridgehead atoms. The van der Waals surface area contributed by atoms with Crippen LogP contribution in [0.15, 0.2) is 0 Å². The van der Waals surface area contributed by atoms with Gasteiger partial charge in [-0.25, -0.2) is 4.68 Å². The first-order valence-electron chi connectivity index (χ1n) is 6.07. The van der Waals surface area contributed by atoms with Crippen LogP contribution in [0.1, 0.15) is 58.0 Å². The van der Waals surface area contributed by atoms with Crippen molar-refractivity contribution in [1.29, 1.82) is 0 Å². The summed E-state index contributed by atoms with van der Waals surface area (Å²) >= 11 is 0. The van der Waals surface area contributed by atoms with E-state index >= 15 is 0 Å². The second-order valence-electron chi connectivity index (χ2n) is 5.04. The Kier molecular flexibility index (Phi) is 4.47. The molecule has 16 heavy (non-hydrogen) atoms. The average molecular weight is 224 g/mol. The molecular formula is C12H24N4. The van der Waals surface area contributed by atoms with Crippen molar-refractivity contribution in [3.05, 3.63) is 11.4 Å². The third-order valence-electron chi connectivity index (χ3n) is 3.05. The van der Waals surface area contributed by atoms with Crippen molar-refractivity contribution in [2.75, 3.05) is 7.05 Å². The molecule has 1 rings (SSSR count). The summed E-state index contributed by atoms with van der Waals surface area (Å²) in [5, 5.41) is 11.7. The number of hydrogen-bond acceptors (Lipinski definition) is 3. The smallest absolute Gasteiger partial charge is 0.0999 e. The molecule has 0 radical (unpaired) electrons. The summed E-state index contributed by atoms with van der Waals surface area (Å²) in [5.41, 5.74) is 2.33. The molecule has 0 saturated carbocycles. The molecule has 1 heterocycles. The molecule has 0 aliphatic carbocycles. The maximum atomic E-state index is 4.30. The van der Waals surface area contributed by atoms with Crippen molar-refractivity contribution in [2.45, 2.75) is 53.1 Å². The van der Waals surface area contributed by atoms with Gasteiger partial charge in [0.25, 0.3) is 0 Å². The summed E-state index contributed by atoms with van der Waals surface area (Å²) in [6.45, 7) is 11.8. The van der Waals surface area contributed by atoms with Gasteiger partial charge >= 0.3 is 0 Å². The molecule has 1 aromatic heterocycles. The molecule has 1 N–H and O–H groups in total. The molecule has 0 aromatic carbocycles. The lowest BCUT2D eigenvalue weighted by Gasteiger charge is -2.20. The molecule has 0 saturated heterocycles. The van der Waals surface area contributed by atoms with E-state index < -0.39 is 0 Å². The molecular weight excluding hydrogens is 200 g/mol. The SMILES string of the molecule is CNCc1nnn(C(C)C(C)C)c1C(C)C. The van der Waals surface area contributed by atoms with Crippen molar-refractivity contribution >= 4 is 0 Å². The minimum absolute atomic E-state index is 0.399. The normalized spacial score (nSPS) is 13.8. The highest BCUT2D eigenvalue weighted by atomic mass is 15.4. The third kappa shape index (κ3) is 2.61. The van der Waals surface area contributed by atoms with Gasteiger partial charge < -0.3 is 5.32 Å². The van der Waals surface area contributed by atoms with Gasteiger partial charge in [0, 0.05) is 6.54 Å². The van der Waals surface area contributed by atoms with Crippen LogP contribution in [0, 0.1) is 5.92 Å². The van der Waals surface area contributed by atoms with E-state index in [2.05, 4.69) is 54.9 Å². The monoisotopic (exact) mass is 224 g/mol. The Morgan fingerprint density at radius 3 is 2.25 bits per heavy atom. The van der Waals surface area contributed by atoms with Crippen LogP contribution in [0.4, 0.5) is 0 Å². The van der Waals surface area contributed by atoms with Gasteiger partial charge in [-0.2, -0.15) is 0 Å². The van der Waals surface area contributed by atoms with Crippen molar-refractivity contribution < 1.29 is 0 Å². The van der Waals surface area contributed by atoms with E-state index in [4.69, 9.17) is 0 Å². The predicted octanol–water partition coefficient (Wildman–Crippen LogP) is 2.34. The number of nitrogens with zero attached hydrogens (tertiary/aromatic N) is 3. The predicted molar refractivity (Wildman–Crippen MR) is 66.4 cm³/mol. The van der Waals surface area contributed by atoms with Gasteiger partial charge in [0.1, 0.15) is 0 Å². The van der Waals surface area contributed by atoms with E-state index in [-0.39, 0.29) is 0 Å². The lowest BCUT2D eigenvalue weighted by molar-refractivity contribution is 0.354. The van der Waals surface area contributed by atoms with Crippen LogP contribution in [-0.2, 0) is 6.54 Å². The average Bonchev–Trinajstić information content (AvgIpc) is 2.60. The molecule has 1 aromatic rings. The lowest BCUT2D eigenvalue weighted by atomic mass is 10.0. The van der Waals surface area contributed by atoms with Gasteiger partial charge in [-0.1, -0.05) is 32.9 Å². The second kappa shape index (κ2) is 5.43. The summed E-state index contributed by atoms with van der Waals surface area (Å²) in [6.07, 6.45) is 0. The summed E-state index contributed by atoms with van der Waals surface area (Å²) in [5.74, 6) is 1.03. The van der Waals surface area contributed by atoms with Crippen molar-refractivity contribution in [1.82, 2.24) is 20.3 Å². The fourth-order valence-electron chi connectivity index (χ4n) is 1.81. The Balaban J connectivity index is 3.09. The highest BCUT2D eigenvalue weighted by molar-refractivity contribution is 5.15. The van der Waals surface area contributed by atoms with Crippen LogP contribution in [0.25, 0.3) is 0 Å². The molecule has 0 spiro atoms.